The molecule has 0 amide bonds. The van der Waals surface area contributed by atoms with Crippen LogP contribution in [0.3, 0.4) is 0 Å². The average molecular weight is 302 g/mol. The molecular weight excluding hydrogens is 284 g/mol. The molecule has 0 saturated heterocycles. The van der Waals surface area contributed by atoms with Crippen LogP contribution >= 0.6 is 11.8 Å². The monoisotopic (exact) mass is 302 g/mol. The van der Waals surface area contributed by atoms with Gasteiger partial charge in [-0.05, 0) is 29.3 Å². The van der Waals surface area contributed by atoms with Gasteiger partial charge in [0.05, 0.1) is 20.3 Å². The van der Waals surface area contributed by atoms with E-state index in [1.54, 1.807) is 26.0 Å². The Morgan fingerprint density at radius 3 is 2.43 bits per heavy atom. The van der Waals surface area contributed by atoms with Crippen LogP contribution in [0.25, 0.3) is 0 Å². The van der Waals surface area contributed by atoms with Gasteiger partial charge in [-0.3, -0.25) is 0 Å². The first-order valence-corrected chi connectivity index (χ1v) is 7.84. The van der Waals surface area contributed by atoms with E-state index in [1.165, 1.54) is 10.5 Å². The quantitative estimate of drug-likeness (QED) is 0.936. The summed E-state index contributed by atoms with van der Waals surface area (Å²) in [5, 5.41) is 10.8. The van der Waals surface area contributed by atoms with Crippen LogP contribution in [-0.2, 0) is 0 Å². The number of fused-ring (bicyclic) bond motifs is 1. The third-order valence-electron chi connectivity index (χ3n) is 3.83. The molecule has 4 heteroatoms. The number of thioether (sulfide) groups is 1. The van der Waals surface area contributed by atoms with Crippen LogP contribution in [0.15, 0.2) is 47.4 Å². The Hall–Kier alpha value is -1.65. The molecule has 2 aromatic rings. The average Bonchev–Trinajstić information content (AvgIpc) is 2.97. The predicted octanol–water partition coefficient (Wildman–Crippen LogP) is 3.63. The standard InChI is InChI=1S/C17H18O3S/c1-19-12-7-11(8-13(9-12)20-2)17(18)15-10-21-16-6-4-3-5-14(15)16/h3-9,15,17-18H,10H2,1-2H3. The Bertz CT molecular complexity index is 619. The smallest absolute Gasteiger partial charge is 0.122 e. The topological polar surface area (TPSA) is 38.7 Å². The van der Waals surface area contributed by atoms with Crippen LogP contribution in [0.5, 0.6) is 11.5 Å². The van der Waals surface area contributed by atoms with E-state index < -0.39 is 6.10 Å². The molecule has 0 aromatic heterocycles. The summed E-state index contributed by atoms with van der Waals surface area (Å²) in [6, 6.07) is 13.8. The van der Waals surface area contributed by atoms with E-state index >= 15 is 0 Å². The molecule has 2 unspecified atom stereocenters. The van der Waals surface area contributed by atoms with Crippen LogP contribution in [-0.4, -0.2) is 25.1 Å². The number of hydrogen-bond donors (Lipinski definition) is 1. The van der Waals surface area contributed by atoms with Crippen molar-refractivity contribution in [3.63, 3.8) is 0 Å². The van der Waals surface area contributed by atoms with Crippen molar-refractivity contribution in [1.82, 2.24) is 0 Å². The zero-order chi connectivity index (χ0) is 14.8. The number of benzene rings is 2. The second kappa shape index (κ2) is 6.00. The fraction of sp³-hybridized carbons (Fsp3) is 0.294. The van der Waals surface area contributed by atoms with Crippen LogP contribution in [0.1, 0.15) is 23.1 Å². The minimum atomic E-state index is -0.565. The van der Waals surface area contributed by atoms with E-state index in [1.807, 2.05) is 30.3 Å². The van der Waals surface area contributed by atoms with E-state index in [0.29, 0.717) is 11.5 Å². The maximum Gasteiger partial charge on any atom is 0.122 e. The molecule has 0 spiro atoms. The van der Waals surface area contributed by atoms with Crippen molar-refractivity contribution in [3.05, 3.63) is 53.6 Å². The van der Waals surface area contributed by atoms with Gasteiger partial charge in [-0.2, -0.15) is 0 Å². The van der Waals surface area contributed by atoms with Gasteiger partial charge in [0.15, 0.2) is 0 Å². The zero-order valence-corrected chi connectivity index (χ0v) is 12.9. The van der Waals surface area contributed by atoms with Gasteiger partial charge in [0.2, 0.25) is 0 Å². The predicted molar refractivity (Wildman–Crippen MR) is 84.4 cm³/mol. The van der Waals surface area contributed by atoms with E-state index in [0.717, 1.165) is 11.3 Å². The van der Waals surface area contributed by atoms with Crippen molar-refractivity contribution in [2.75, 3.05) is 20.0 Å². The minimum absolute atomic E-state index is 0.100. The lowest BCUT2D eigenvalue weighted by Crippen LogP contribution is -2.10. The third kappa shape index (κ3) is 2.74. The van der Waals surface area contributed by atoms with Gasteiger partial charge in [0.25, 0.3) is 0 Å². The van der Waals surface area contributed by atoms with E-state index in [-0.39, 0.29) is 5.92 Å². The first-order chi connectivity index (χ1) is 10.2. The number of methoxy groups -OCH3 is 2. The molecule has 0 saturated carbocycles. The summed E-state index contributed by atoms with van der Waals surface area (Å²) >= 11 is 1.80. The largest absolute Gasteiger partial charge is 0.497 e. The van der Waals surface area contributed by atoms with Crippen molar-refractivity contribution in [1.29, 1.82) is 0 Å². The number of aliphatic hydroxyl groups excluding tert-OH is 1. The Kier molecular flexibility index (Phi) is 4.08. The lowest BCUT2D eigenvalue weighted by Gasteiger charge is -2.20. The number of hydrogen-bond acceptors (Lipinski definition) is 4. The summed E-state index contributed by atoms with van der Waals surface area (Å²) < 4.78 is 10.6. The Balaban J connectivity index is 1.94. The van der Waals surface area contributed by atoms with Crippen LogP contribution < -0.4 is 9.47 Å². The number of rotatable bonds is 4. The zero-order valence-electron chi connectivity index (χ0n) is 12.1. The molecule has 1 aliphatic rings. The highest BCUT2D eigenvalue weighted by Crippen LogP contribution is 2.46. The highest BCUT2D eigenvalue weighted by atomic mass is 32.2. The molecule has 1 heterocycles. The molecule has 0 radical (unpaired) electrons. The van der Waals surface area contributed by atoms with Gasteiger partial charge < -0.3 is 14.6 Å². The summed E-state index contributed by atoms with van der Waals surface area (Å²) in [6.45, 7) is 0. The molecule has 21 heavy (non-hydrogen) atoms. The molecular formula is C17H18O3S. The highest BCUT2D eigenvalue weighted by molar-refractivity contribution is 7.99. The SMILES string of the molecule is COc1cc(OC)cc(C(O)C2CSc3ccccc32)c1. The molecule has 1 aliphatic heterocycles. The summed E-state index contributed by atoms with van der Waals surface area (Å²) in [5.74, 6) is 2.38. The summed E-state index contributed by atoms with van der Waals surface area (Å²) in [4.78, 5) is 1.26. The van der Waals surface area contributed by atoms with Crippen molar-refractivity contribution >= 4 is 11.8 Å². The fourth-order valence-corrected chi connectivity index (χ4v) is 3.96. The van der Waals surface area contributed by atoms with Crippen molar-refractivity contribution in [3.8, 4) is 11.5 Å². The van der Waals surface area contributed by atoms with Gasteiger partial charge in [0.1, 0.15) is 11.5 Å². The molecule has 110 valence electrons. The lowest BCUT2D eigenvalue weighted by molar-refractivity contribution is 0.153. The highest BCUT2D eigenvalue weighted by Gasteiger charge is 2.30. The number of aliphatic hydroxyl groups is 1. The lowest BCUT2D eigenvalue weighted by atomic mass is 9.90. The molecule has 0 bridgehead atoms. The molecule has 2 atom stereocenters. The molecule has 2 aromatic carbocycles. The molecule has 0 fully saturated rings. The maximum atomic E-state index is 10.8. The summed E-state index contributed by atoms with van der Waals surface area (Å²) in [7, 11) is 3.23. The van der Waals surface area contributed by atoms with Gasteiger partial charge in [0, 0.05) is 22.6 Å². The summed E-state index contributed by atoms with van der Waals surface area (Å²) in [6.07, 6.45) is -0.565. The second-order valence-electron chi connectivity index (χ2n) is 5.05. The molecule has 3 nitrogen and oxygen atoms in total. The van der Waals surface area contributed by atoms with Crippen LogP contribution in [0, 0.1) is 0 Å². The van der Waals surface area contributed by atoms with Crippen molar-refractivity contribution in [2.45, 2.75) is 16.9 Å². The van der Waals surface area contributed by atoms with E-state index in [4.69, 9.17) is 9.47 Å². The summed E-state index contributed by atoms with van der Waals surface area (Å²) in [5.41, 5.74) is 2.05. The van der Waals surface area contributed by atoms with E-state index in [2.05, 4.69) is 12.1 Å². The molecule has 3 rings (SSSR count). The van der Waals surface area contributed by atoms with Crippen molar-refractivity contribution in [2.24, 2.45) is 0 Å². The first kappa shape index (κ1) is 14.3. The van der Waals surface area contributed by atoms with Crippen LogP contribution in [0.4, 0.5) is 0 Å². The number of ether oxygens (including phenoxy) is 2. The normalized spacial score (nSPS) is 18.1. The van der Waals surface area contributed by atoms with E-state index in [9.17, 15) is 5.11 Å². The third-order valence-corrected chi connectivity index (χ3v) is 5.04. The Morgan fingerprint density at radius 1 is 1.10 bits per heavy atom. The first-order valence-electron chi connectivity index (χ1n) is 6.85. The van der Waals surface area contributed by atoms with Crippen molar-refractivity contribution < 1.29 is 14.6 Å². The van der Waals surface area contributed by atoms with Gasteiger partial charge in [-0.25, -0.2) is 0 Å². The van der Waals surface area contributed by atoms with Gasteiger partial charge in [-0.1, -0.05) is 18.2 Å². The minimum Gasteiger partial charge on any atom is -0.497 e. The maximum absolute atomic E-state index is 10.8. The Morgan fingerprint density at radius 2 is 1.76 bits per heavy atom. The van der Waals surface area contributed by atoms with Crippen LogP contribution in [0.2, 0.25) is 0 Å². The molecule has 1 N–H and O–H groups in total. The van der Waals surface area contributed by atoms with Gasteiger partial charge in [-0.15, -0.1) is 11.8 Å². The second-order valence-corrected chi connectivity index (χ2v) is 6.11. The van der Waals surface area contributed by atoms with Gasteiger partial charge >= 0.3 is 0 Å². The fourth-order valence-electron chi connectivity index (χ4n) is 2.68. The Labute approximate surface area is 128 Å². The molecule has 0 aliphatic carbocycles.